The maximum absolute atomic E-state index is 10.4. The van der Waals surface area contributed by atoms with Crippen LogP contribution in [0.15, 0.2) is 0 Å². The maximum Gasteiger partial charge on any atom is 0.322 e. The van der Waals surface area contributed by atoms with Crippen LogP contribution in [0.1, 0.15) is 6.92 Å². The molecule has 0 saturated carbocycles. The minimum Gasteiger partial charge on any atom is -0.329 e. The number of hydrogen-bond donors (Lipinski definition) is 4. The van der Waals surface area contributed by atoms with E-state index in [9.17, 15) is 19.2 Å². The lowest BCUT2D eigenvalue weighted by atomic mass is 10.4. The summed E-state index contributed by atoms with van der Waals surface area (Å²) in [6, 6.07) is -1.16. The average molecular weight is 214 g/mol. The highest BCUT2D eigenvalue weighted by molar-refractivity contribution is 6.03. The van der Waals surface area contributed by atoms with Crippen LogP contribution in [0.2, 0.25) is 0 Å². The summed E-state index contributed by atoms with van der Waals surface area (Å²) < 4.78 is 0. The molecule has 0 radical (unpaired) electrons. The van der Waals surface area contributed by atoms with Gasteiger partial charge in [-0.05, 0) is 6.92 Å². The van der Waals surface area contributed by atoms with E-state index in [1.165, 1.54) is 0 Å². The molecule has 0 aliphatic carbocycles. The van der Waals surface area contributed by atoms with Crippen molar-refractivity contribution in [1.82, 2.24) is 21.3 Å². The molecule has 0 aromatic heterocycles. The number of urea groups is 2. The summed E-state index contributed by atoms with van der Waals surface area (Å²) in [5.74, 6) is -0.514. The average Bonchev–Trinajstić information content (AvgIpc) is 2.61. The summed E-state index contributed by atoms with van der Waals surface area (Å²) in [5.41, 5.74) is 0. The fraction of sp³-hybridized carbons (Fsp3) is 0.429. The number of hydrogen-bond acceptors (Lipinski definition) is 4. The molecule has 82 valence electrons. The monoisotopic (exact) mass is 214 g/mol. The lowest BCUT2D eigenvalue weighted by molar-refractivity contribution is -0.120. The number of nitrogens with one attached hydrogen (secondary N) is 4. The Labute approximate surface area is 84.8 Å². The van der Waals surface area contributed by atoms with Crippen LogP contribution in [0, 0.1) is 0 Å². The van der Waals surface area contributed by atoms with Gasteiger partial charge in [-0.15, -0.1) is 0 Å². The first-order valence-corrected chi connectivity index (χ1v) is 4.18. The summed E-state index contributed by atoms with van der Waals surface area (Å²) in [6.07, 6.45) is 0. The van der Waals surface area contributed by atoms with Gasteiger partial charge in [0.05, 0.1) is 6.54 Å². The minimum atomic E-state index is -0.400. The first-order valence-electron chi connectivity index (χ1n) is 4.18. The third-order valence-corrected chi connectivity index (χ3v) is 1.64. The molecule has 4 N–H and O–H groups in total. The second-order valence-electron chi connectivity index (χ2n) is 2.92. The van der Waals surface area contributed by atoms with E-state index in [4.69, 9.17) is 0 Å². The predicted molar refractivity (Wildman–Crippen MR) is 47.7 cm³/mol. The second-order valence-corrected chi connectivity index (χ2v) is 2.92. The van der Waals surface area contributed by atoms with Crippen molar-refractivity contribution in [2.24, 2.45) is 0 Å². The van der Waals surface area contributed by atoms with E-state index in [1.807, 2.05) is 5.32 Å². The highest BCUT2D eigenvalue weighted by Crippen LogP contribution is 1.88. The van der Waals surface area contributed by atoms with E-state index in [-0.39, 0.29) is 24.4 Å². The zero-order chi connectivity index (χ0) is 11.4. The van der Waals surface area contributed by atoms with Crippen LogP contribution in [0.25, 0.3) is 0 Å². The first-order chi connectivity index (χ1) is 6.99. The second kappa shape index (κ2) is 4.40. The molecule has 0 spiro atoms. The quantitative estimate of drug-likeness (QED) is 0.350. The third-order valence-electron chi connectivity index (χ3n) is 1.64. The van der Waals surface area contributed by atoms with Crippen molar-refractivity contribution in [3.05, 3.63) is 0 Å². The lowest BCUT2D eigenvalue weighted by Crippen LogP contribution is -2.24. The van der Waals surface area contributed by atoms with Gasteiger partial charge in [0.15, 0.2) is 0 Å². The Balaban J connectivity index is 0.000000151. The molecular weight excluding hydrogens is 204 g/mol. The molecular formula is C7H10N4O4. The molecule has 8 heteroatoms. The van der Waals surface area contributed by atoms with Gasteiger partial charge in [-0.2, -0.15) is 0 Å². The fourth-order valence-corrected chi connectivity index (χ4v) is 0.894. The van der Waals surface area contributed by atoms with Crippen molar-refractivity contribution in [2.45, 2.75) is 13.0 Å². The van der Waals surface area contributed by atoms with Gasteiger partial charge in [0, 0.05) is 0 Å². The minimum absolute atomic E-state index is 0.124. The maximum atomic E-state index is 10.4. The fourth-order valence-electron chi connectivity index (χ4n) is 0.894. The van der Waals surface area contributed by atoms with Crippen molar-refractivity contribution in [1.29, 1.82) is 0 Å². The van der Waals surface area contributed by atoms with Gasteiger partial charge in [-0.25, -0.2) is 9.59 Å². The highest BCUT2D eigenvalue weighted by atomic mass is 16.2. The Morgan fingerprint density at radius 1 is 1.07 bits per heavy atom. The Kier molecular flexibility index (Phi) is 3.21. The zero-order valence-electron chi connectivity index (χ0n) is 7.92. The predicted octanol–water partition coefficient (Wildman–Crippen LogP) is -1.96. The van der Waals surface area contributed by atoms with Crippen LogP contribution >= 0.6 is 0 Å². The van der Waals surface area contributed by atoms with Gasteiger partial charge in [0.2, 0.25) is 11.8 Å². The topological polar surface area (TPSA) is 116 Å². The largest absolute Gasteiger partial charge is 0.329 e. The van der Waals surface area contributed by atoms with Crippen LogP contribution in [-0.2, 0) is 9.59 Å². The van der Waals surface area contributed by atoms with E-state index in [0.29, 0.717) is 0 Å². The van der Waals surface area contributed by atoms with Crippen molar-refractivity contribution < 1.29 is 19.2 Å². The molecule has 15 heavy (non-hydrogen) atoms. The van der Waals surface area contributed by atoms with E-state index in [2.05, 4.69) is 16.0 Å². The van der Waals surface area contributed by atoms with Gasteiger partial charge < -0.3 is 10.6 Å². The van der Waals surface area contributed by atoms with E-state index in [0.717, 1.165) is 0 Å². The summed E-state index contributed by atoms with van der Waals surface area (Å²) in [6.45, 7) is 1.75. The summed E-state index contributed by atoms with van der Waals surface area (Å²) in [5, 5.41) is 8.74. The van der Waals surface area contributed by atoms with Gasteiger partial charge in [0.1, 0.15) is 6.04 Å². The molecule has 2 saturated heterocycles. The highest BCUT2D eigenvalue weighted by Gasteiger charge is 2.24. The first kappa shape index (κ1) is 11.0. The molecule has 0 bridgehead atoms. The van der Waals surface area contributed by atoms with Crippen LogP contribution in [0.5, 0.6) is 0 Å². The summed E-state index contributed by atoms with van der Waals surface area (Å²) in [4.78, 5) is 40.7. The Bertz CT molecular complexity index is 313. The Hall–Kier alpha value is -2.12. The lowest BCUT2D eigenvalue weighted by Gasteiger charge is -1.91. The smallest absolute Gasteiger partial charge is 0.322 e. The number of carbonyl (C=O) groups excluding carboxylic acids is 4. The van der Waals surface area contributed by atoms with E-state index >= 15 is 0 Å². The molecule has 8 nitrogen and oxygen atoms in total. The molecule has 1 unspecified atom stereocenters. The number of carbonyl (C=O) groups is 4. The van der Waals surface area contributed by atoms with Crippen molar-refractivity contribution in [3.63, 3.8) is 0 Å². The Morgan fingerprint density at radius 2 is 1.73 bits per heavy atom. The van der Waals surface area contributed by atoms with Crippen LogP contribution < -0.4 is 21.3 Å². The third kappa shape index (κ3) is 3.25. The molecule has 1 atom stereocenters. The molecule has 2 rings (SSSR count). The van der Waals surface area contributed by atoms with Crippen LogP contribution in [-0.4, -0.2) is 36.5 Å². The van der Waals surface area contributed by atoms with Crippen molar-refractivity contribution in [2.75, 3.05) is 6.54 Å². The number of rotatable bonds is 0. The zero-order valence-corrected chi connectivity index (χ0v) is 7.92. The van der Waals surface area contributed by atoms with E-state index in [1.54, 1.807) is 6.92 Å². The SMILES string of the molecule is CC1NC(=O)NC1=O.O=C1CNC(=O)N1. The number of imide groups is 2. The van der Waals surface area contributed by atoms with Gasteiger partial charge in [0.25, 0.3) is 0 Å². The van der Waals surface area contributed by atoms with E-state index < -0.39 is 12.1 Å². The summed E-state index contributed by atoms with van der Waals surface area (Å²) in [7, 11) is 0. The molecule has 6 amide bonds. The van der Waals surface area contributed by atoms with Crippen molar-refractivity contribution in [3.8, 4) is 0 Å². The number of amides is 6. The normalized spacial score (nSPS) is 23.4. The van der Waals surface area contributed by atoms with Gasteiger partial charge >= 0.3 is 12.1 Å². The van der Waals surface area contributed by atoms with Crippen molar-refractivity contribution >= 4 is 23.9 Å². The van der Waals surface area contributed by atoms with Crippen LogP contribution in [0.4, 0.5) is 9.59 Å². The van der Waals surface area contributed by atoms with Crippen LogP contribution in [0.3, 0.4) is 0 Å². The molecule has 2 heterocycles. The molecule has 2 fully saturated rings. The summed E-state index contributed by atoms with van der Waals surface area (Å²) >= 11 is 0. The Morgan fingerprint density at radius 3 is 1.87 bits per heavy atom. The molecule has 2 aliphatic rings. The standard InChI is InChI=1S/C4H6N2O2.C3H4N2O2/c1-2-3(7)6-4(8)5-2;6-2-1-4-3(7)5-2/h2H,1H3,(H2,5,6,7,8);1H2,(H2,4,5,6,7). The molecule has 2 aliphatic heterocycles. The molecule has 0 aromatic carbocycles. The van der Waals surface area contributed by atoms with Gasteiger partial charge in [-0.3, -0.25) is 20.2 Å². The van der Waals surface area contributed by atoms with Gasteiger partial charge in [-0.1, -0.05) is 0 Å². The molecule has 0 aromatic rings.